The van der Waals surface area contributed by atoms with Crippen LogP contribution in [0.5, 0.6) is 5.75 Å². The number of anilines is 3. The van der Waals surface area contributed by atoms with Crippen molar-refractivity contribution in [2.24, 2.45) is 0 Å². The molecule has 0 N–H and O–H groups in total. The lowest BCUT2D eigenvalue weighted by Crippen LogP contribution is -2.46. The molecule has 4 aliphatic heterocycles. The molecule has 0 radical (unpaired) electrons. The third-order valence-electron chi connectivity index (χ3n) is 11.0. The van der Waals surface area contributed by atoms with Gasteiger partial charge in [0.15, 0.2) is 6.29 Å². The van der Waals surface area contributed by atoms with Gasteiger partial charge >= 0.3 is 6.03 Å². The Hall–Kier alpha value is -4.44. The van der Waals surface area contributed by atoms with Crippen molar-refractivity contribution in [3.05, 3.63) is 95.0 Å². The first-order chi connectivity index (χ1) is 27.6. The third kappa shape index (κ3) is 8.43. The Morgan fingerprint density at radius 3 is 2.25 bits per heavy atom. The number of hydrogen-bond acceptors (Lipinski definition) is 11. The van der Waals surface area contributed by atoms with Gasteiger partial charge < -0.3 is 38.4 Å². The molecule has 3 aromatic carbocycles. The van der Waals surface area contributed by atoms with Gasteiger partial charge in [0.2, 0.25) is 5.79 Å². The molecule has 57 heavy (non-hydrogen) atoms. The Morgan fingerprint density at radius 1 is 0.895 bits per heavy atom. The van der Waals surface area contributed by atoms with Gasteiger partial charge in [0, 0.05) is 61.3 Å². The lowest BCUT2D eigenvalue weighted by molar-refractivity contribution is -0.190. The van der Waals surface area contributed by atoms with Crippen LogP contribution in [-0.2, 0) is 36.1 Å². The quantitative estimate of drug-likeness (QED) is 0.140. The van der Waals surface area contributed by atoms with Gasteiger partial charge in [-0.15, -0.1) is 0 Å². The number of carbonyl (C=O) groups is 2. The Morgan fingerprint density at radius 2 is 1.60 bits per heavy atom. The second-order valence-corrected chi connectivity index (χ2v) is 16.0. The number of aromatic nitrogens is 3. The first-order valence-corrected chi connectivity index (χ1v) is 20.2. The molecular weight excluding hydrogens is 773 g/mol. The van der Waals surface area contributed by atoms with Crippen LogP contribution in [-0.4, -0.2) is 109 Å². The minimum Gasteiger partial charge on any atom is -0.491 e. The minimum absolute atomic E-state index is 0.246. The SMILES string of the molecule is CC1(C)C(=O)N(c2ccc(N3CCN(c4ccc(OCC5COC(Cn6cncn6)(c6ccc(Cl)cc6Cl)O5)cc4)CC3)cc2)C(=O)N1CCOC1CCCCO1. The molecule has 0 bridgehead atoms. The van der Waals surface area contributed by atoms with Gasteiger partial charge in [-0.3, -0.25) is 4.79 Å². The van der Waals surface area contributed by atoms with Crippen LogP contribution in [0.3, 0.4) is 0 Å². The van der Waals surface area contributed by atoms with Crippen LogP contribution in [0.4, 0.5) is 21.9 Å². The largest absolute Gasteiger partial charge is 0.491 e. The second kappa shape index (κ2) is 16.8. The number of rotatable bonds is 13. The molecule has 16 heteroatoms. The van der Waals surface area contributed by atoms with Gasteiger partial charge in [-0.2, -0.15) is 5.10 Å². The van der Waals surface area contributed by atoms with Gasteiger partial charge in [-0.25, -0.2) is 19.4 Å². The summed E-state index contributed by atoms with van der Waals surface area (Å²) in [4.78, 5) is 38.6. The lowest BCUT2D eigenvalue weighted by Gasteiger charge is -2.37. The maximum Gasteiger partial charge on any atom is 0.332 e. The Labute approximate surface area is 342 Å². The van der Waals surface area contributed by atoms with Gasteiger partial charge in [0.1, 0.15) is 43.2 Å². The number of imide groups is 1. The van der Waals surface area contributed by atoms with E-state index in [1.54, 1.807) is 48.0 Å². The van der Waals surface area contributed by atoms with E-state index in [0.29, 0.717) is 47.7 Å². The molecule has 302 valence electrons. The molecule has 3 amide bonds. The topological polar surface area (TPSA) is 124 Å². The number of ether oxygens (including phenoxy) is 5. The van der Waals surface area contributed by atoms with Crippen molar-refractivity contribution in [2.45, 2.75) is 63.4 Å². The number of nitrogens with zero attached hydrogens (tertiary/aromatic N) is 7. The first-order valence-electron chi connectivity index (χ1n) is 19.4. The van der Waals surface area contributed by atoms with Gasteiger partial charge in [0.25, 0.3) is 5.91 Å². The molecule has 0 spiro atoms. The van der Waals surface area contributed by atoms with Crippen molar-refractivity contribution in [3.8, 4) is 5.75 Å². The van der Waals surface area contributed by atoms with Crippen molar-refractivity contribution in [1.82, 2.24) is 19.7 Å². The van der Waals surface area contributed by atoms with E-state index in [1.165, 1.54) is 11.2 Å². The lowest BCUT2D eigenvalue weighted by atomic mass is 10.0. The van der Waals surface area contributed by atoms with Crippen LogP contribution < -0.4 is 19.4 Å². The summed E-state index contributed by atoms with van der Waals surface area (Å²) in [7, 11) is 0. The van der Waals surface area contributed by atoms with E-state index in [0.717, 1.165) is 62.6 Å². The highest BCUT2D eigenvalue weighted by Crippen LogP contribution is 2.41. The fraction of sp³-hybridized carbons (Fsp3) is 0.463. The number of carbonyl (C=O) groups excluding carboxylic acids is 2. The van der Waals surface area contributed by atoms with Crippen molar-refractivity contribution in [2.75, 3.05) is 73.9 Å². The number of amides is 3. The molecule has 0 aliphatic carbocycles. The molecule has 3 unspecified atom stereocenters. The van der Waals surface area contributed by atoms with Crippen LogP contribution in [0, 0.1) is 0 Å². The zero-order chi connectivity index (χ0) is 39.6. The van der Waals surface area contributed by atoms with E-state index in [4.69, 9.17) is 46.9 Å². The number of benzene rings is 3. The van der Waals surface area contributed by atoms with E-state index >= 15 is 0 Å². The highest BCUT2D eigenvalue weighted by atomic mass is 35.5. The smallest absolute Gasteiger partial charge is 0.332 e. The summed E-state index contributed by atoms with van der Waals surface area (Å²) in [5.41, 5.74) is 2.39. The minimum atomic E-state index is -1.18. The first kappa shape index (κ1) is 39.4. The van der Waals surface area contributed by atoms with Crippen molar-refractivity contribution >= 4 is 52.2 Å². The van der Waals surface area contributed by atoms with E-state index in [-0.39, 0.29) is 37.5 Å². The standard InChI is InChI=1S/C41H47Cl2N7O7/c1-40(2)38(51)50(39(52)49(40)20-22-54-37-5-3-4-21-53-37)32-9-7-30(8-10-32)46-16-18-47(19-17-46)31-11-13-33(14-12-31)55-24-34-25-56-41(57-34,26-48-28-44-27-45-48)35-15-6-29(42)23-36(35)43/h6-15,23,27-28,34,37H,3-5,16-22,24-26H2,1-2H3. The number of piperazine rings is 1. The molecule has 3 atom stereocenters. The predicted octanol–water partition coefficient (Wildman–Crippen LogP) is 6.35. The van der Waals surface area contributed by atoms with E-state index in [2.05, 4.69) is 32.0 Å². The molecule has 4 fully saturated rings. The van der Waals surface area contributed by atoms with Crippen molar-refractivity contribution in [3.63, 3.8) is 0 Å². The molecule has 4 aliphatic rings. The Kier molecular flexibility index (Phi) is 11.6. The zero-order valence-corrected chi connectivity index (χ0v) is 33.6. The highest BCUT2D eigenvalue weighted by Gasteiger charge is 2.51. The summed E-state index contributed by atoms with van der Waals surface area (Å²) >= 11 is 12.8. The van der Waals surface area contributed by atoms with Crippen LogP contribution >= 0.6 is 23.2 Å². The zero-order valence-electron chi connectivity index (χ0n) is 32.1. The molecule has 1 aromatic heterocycles. The van der Waals surface area contributed by atoms with E-state index in [1.807, 2.05) is 36.4 Å². The average Bonchev–Trinajstić information content (AvgIpc) is 3.93. The van der Waals surface area contributed by atoms with Crippen LogP contribution in [0.1, 0.15) is 38.7 Å². The predicted molar refractivity (Wildman–Crippen MR) is 215 cm³/mol. The summed E-state index contributed by atoms with van der Waals surface area (Å²) in [5.74, 6) is -0.702. The molecule has 0 saturated carbocycles. The summed E-state index contributed by atoms with van der Waals surface area (Å²) < 4.78 is 32.1. The number of hydrogen-bond donors (Lipinski definition) is 0. The van der Waals surface area contributed by atoms with Gasteiger partial charge in [-0.05, 0) is 93.8 Å². The Balaban J connectivity index is 0.821. The number of urea groups is 1. The monoisotopic (exact) mass is 819 g/mol. The summed E-state index contributed by atoms with van der Waals surface area (Å²) in [6.45, 7) is 9.01. The van der Waals surface area contributed by atoms with Gasteiger partial charge in [0.05, 0.1) is 23.9 Å². The van der Waals surface area contributed by atoms with Crippen LogP contribution in [0.15, 0.2) is 79.4 Å². The normalized spacial score (nSPS) is 23.8. The van der Waals surface area contributed by atoms with Crippen LogP contribution in [0.2, 0.25) is 10.0 Å². The molecule has 14 nitrogen and oxygen atoms in total. The molecule has 8 rings (SSSR count). The number of halogens is 2. The fourth-order valence-corrected chi connectivity index (χ4v) is 8.37. The van der Waals surface area contributed by atoms with Crippen LogP contribution in [0.25, 0.3) is 0 Å². The molecule has 4 saturated heterocycles. The summed E-state index contributed by atoms with van der Waals surface area (Å²) in [6, 6.07) is 20.6. The molecule has 4 aromatic rings. The van der Waals surface area contributed by atoms with Gasteiger partial charge in [-0.1, -0.05) is 29.3 Å². The van der Waals surface area contributed by atoms with Crippen molar-refractivity contribution in [1.29, 1.82) is 0 Å². The highest BCUT2D eigenvalue weighted by molar-refractivity contribution is 6.35. The maximum absolute atomic E-state index is 13.5. The van der Waals surface area contributed by atoms with E-state index in [9.17, 15) is 9.59 Å². The maximum atomic E-state index is 13.5. The fourth-order valence-electron chi connectivity index (χ4n) is 7.82. The summed E-state index contributed by atoms with van der Waals surface area (Å²) in [6.07, 6.45) is 5.41. The average molecular weight is 821 g/mol. The molecule has 5 heterocycles. The van der Waals surface area contributed by atoms with Crippen molar-refractivity contribution < 1.29 is 33.3 Å². The molecular formula is C41H47Cl2N7O7. The Bertz CT molecular complexity index is 2010. The third-order valence-corrected chi connectivity index (χ3v) is 11.6. The summed E-state index contributed by atoms with van der Waals surface area (Å²) in [5, 5.41) is 5.19. The van der Waals surface area contributed by atoms with E-state index < -0.39 is 11.3 Å². The second-order valence-electron chi connectivity index (χ2n) is 15.1.